The summed E-state index contributed by atoms with van der Waals surface area (Å²) in [6.45, 7) is 1.96. The van der Waals surface area contributed by atoms with Gasteiger partial charge in [-0.3, -0.25) is 4.57 Å². The van der Waals surface area contributed by atoms with Gasteiger partial charge in [-0.2, -0.15) is 0 Å². The van der Waals surface area contributed by atoms with Gasteiger partial charge in [-0.1, -0.05) is 29.4 Å². The summed E-state index contributed by atoms with van der Waals surface area (Å²) < 4.78 is 13.5. The Morgan fingerprint density at radius 1 is 1.15 bits per heavy atom. The SMILES string of the molecule is Cc1ccc(-n2cnnc2SCc2nnc(-c3ccc(Br)o3)o2)cc1Cl. The number of aryl methyl sites for hydroxylation is 1. The Morgan fingerprint density at radius 2 is 2.04 bits per heavy atom. The number of rotatable bonds is 5. The second kappa shape index (κ2) is 7.26. The van der Waals surface area contributed by atoms with Gasteiger partial charge >= 0.3 is 0 Å². The van der Waals surface area contributed by atoms with Crippen molar-refractivity contribution in [2.24, 2.45) is 0 Å². The Kier molecular flexibility index (Phi) is 4.84. The lowest BCUT2D eigenvalue weighted by molar-refractivity contribution is 0.486. The molecule has 0 aliphatic heterocycles. The highest BCUT2D eigenvalue weighted by Crippen LogP contribution is 2.28. The molecule has 7 nitrogen and oxygen atoms in total. The molecule has 0 radical (unpaired) electrons. The maximum Gasteiger partial charge on any atom is 0.283 e. The topological polar surface area (TPSA) is 82.8 Å². The molecule has 0 spiro atoms. The Hall–Kier alpha value is -2.10. The van der Waals surface area contributed by atoms with E-state index in [1.165, 1.54) is 11.8 Å². The van der Waals surface area contributed by atoms with E-state index in [0.717, 1.165) is 11.3 Å². The number of nitrogens with zero attached hydrogens (tertiary/aromatic N) is 5. The highest BCUT2D eigenvalue weighted by atomic mass is 79.9. The molecule has 0 N–H and O–H groups in total. The molecule has 0 fully saturated rings. The molecule has 0 amide bonds. The second-order valence-corrected chi connectivity index (χ2v) is 7.44. The first kappa shape index (κ1) is 17.3. The van der Waals surface area contributed by atoms with Crippen LogP contribution in [0, 0.1) is 6.92 Å². The largest absolute Gasteiger partial charge is 0.444 e. The number of hydrogen-bond donors (Lipinski definition) is 0. The summed E-state index contributed by atoms with van der Waals surface area (Å²) in [4.78, 5) is 0. The van der Waals surface area contributed by atoms with Crippen molar-refractivity contribution in [3.63, 3.8) is 0 Å². The van der Waals surface area contributed by atoms with Gasteiger partial charge < -0.3 is 8.83 Å². The third-order valence-electron chi connectivity index (χ3n) is 3.53. The van der Waals surface area contributed by atoms with Crippen LogP contribution in [-0.4, -0.2) is 25.0 Å². The van der Waals surface area contributed by atoms with E-state index in [-0.39, 0.29) is 0 Å². The Labute approximate surface area is 165 Å². The molecular formula is C16H11BrClN5O2S. The summed E-state index contributed by atoms with van der Waals surface area (Å²) in [6.07, 6.45) is 1.64. The number of benzene rings is 1. The van der Waals surface area contributed by atoms with Gasteiger partial charge in [-0.25, -0.2) is 0 Å². The van der Waals surface area contributed by atoms with E-state index in [2.05, 4.69) is 36.3 Å². The van der Waals surface area contributed by atoms with Crippen LogP contribution >= 0.6 is 39.3 Å². The van der Waals surface area contributed by atoms with Gasteiger partial charge in [-0.15, -0.1) is 20.4 Å². The van der Waals surface area contributed by atoms with Crippen molar-refractivity contribution in [1.82, 2.24) is 25.0 Å². The molecule has 0 bridgehead atoms. The van der Waals surface area contributed by atoms with Crippen molar-refractivity contribution in [1.29, 1.82) is 0 Å². The highest BCUT2D eigenvalue weighted by Gasteiger charge is 2.14. The molecule has 0 saturated carbocycles. The van der Waals surface area contributed by atoms with Crippen LogP contribution in [0.3, 0.4) is 0 Å². The van der Waals surface area contributed by atoms with E-state index in [0.29, 0.717) is 38.1 Å². The molecule has 132 valence electrons. The van der Waals surface area contributed by atoms with E-state index in [4.69, 9.17) is 20.4 Å². The van der Waals surface area contributed by atoms with E-state index in [1.54, 1.807) is 18.5 Å². The molecular weight excluding hydrogens is 442 g/mol. The standard InChI is InChI=1S/C16H11BrClN5O2S/c1-9-2-3-10(6-11(9)18)23-8-19-22-16(23)26-7-14-20-21-15(25-14)12-4-5-13(17)24-12/h2-6,8H,7H2,1H3. The minimum atomic E-state index is 0.332. The van der Waals surface area contributed by atoms with Crippen LogP contribution in [0.25, 0.3) is 17.3 Å². The van der Waals surface area contributed by atoms with Gasteiger partial charge in [0.05, 0.1) is 11.4 Å². The van der Waals surface area contributed by atoms with Gasteiger partial charge in [0.2, 0.25) is 5.89 Å². The van der Waals surface area contributed by atoms with Crippen LogP contribution in [-0.2, 0) is 5.75 Å². The predicted octanol–water partition coefficient (Wildman–Crippen LogP) is 4.93. The quantitative estimate of drug-likeness (QED) is 0.397. The van der Waals surface area contributed by atoms with Crippen LogP contribution in [0.4, 0.5) is 0 Å². The summed E-state index contributed by atoms with van der Waals surface area (Å²) in [6, 6.07) is 9.32. The zero-order valence-electron chi connectivity index (χ0n) is 13.4. The monoisotopic (exact) mass is 451 g/mol. The first-order chi connectivity index (χ1) is 12.6. The number of halogens is 2. The summed E-state index contributed by atoms with van der Waals surface area (Å²) in [7, 11) is 0. The smallest absolute Gasteiger partial charge is 0.283 e. The average Bonchev–Trinajstić information content (AvgIpc) is 3.35. The van der Waals surface area contributed by atoms with E-state index < -0.39 is 0 Å². The zero-order valence-corrected chi connectivity index (χ0v) is 16.5. The van der Waals surface area contributed by atoms with Gasteiger partial charge in [-0.05, 0) is 52.7 Å². The van der Waals surface area contributed by atoms with Crippen LogP contribution in [0.15, 0.2) is 55.3 Å². The molecule has 0 aliphatic carbocycles. The first-order valence-corrected chi connectivity index (χ1v) is 9.63. The van der Waals surface area contributed by atoms with Gasteiger partial charge in [0, 0.05) is 5.02 Å². The number of thioether (sulfide) groups is 1. The lowest BCUT2D eigenvalue weighted by Gasteiger charge is -2.07. The molecule has 0 aliphatic rings. The zero-order chi connectivity index (χ0) is 18.1. The highest BCUT2D eigenvalue weighted by molar-refractivity contribution is 9.10. The predicted molar refractivity (Wildman–Crippen MR) is 100 cm³/mol. The van der Waals surface area contributed by atoms with Gasteiger partial charge in [0.25, 0.3) is 5.89 Å². The average molecular weight is 453 g/mol. The Morgan fingerprint density at radius 3 is 2.81 bits per heavy atom. The molecule has 4 aromatic rings. The van der Waals surface area contributed by atoms with Crippen molar-refractivity contribution < 1.29 is 8.83 Å². The van der Waals surface area contributed by atoms with Gasteiger partial charge in [0.1, 0.15) is 6.33 Å². The van der Waals surface area contributed by atoms with E-state index >= 15 is 0 Å². The molecule has 4 rings (SSSR count). The van der Waals surface area contributed by atoms with Crippen molar-refractivity contribution in [3.05, 3.63) is 57.8 Å². The minimum absolute atomic E-state index is 0.332. The van der Waals surface area contributed by atoms with Crippen molar-refractivity contribution in [2.45, 2.75) is 17.8 Å². The maximum atomic E-state index is 6.21. The summed E-state index contributed by atoms with van der Waals surface area (Å²) in [5.74, 6) is 1.76. The lowest BCUT2D eigenvalue weighted by Crippen LogP contribution is -1.96. The van der Waals surface area contributed by atoms with E-state index in [1.807, 2.05) is 29.7 Å². The van der Waals surface area contributed by atoms with Crippen LogP contribution in [0.1, 0.15) is 11.5 Å². The first-order valence-electron chi connectivity index (χ1n) is 7.47. The third-order valence-corrected chi connectivity index (χ3v) is 5.29. The molecule has 3 aromatic heterocycles. The minimum Gasteiger partial charge on any atom is -0.444 e. The number of hydrogen-bond acceptors (Lipinski definition) is 7. The summed E-state index contributed by atoms with van der Waals surface area (Å²) in [5, 5.41) is 17.6. The van der Waals surface area contributed by atoms with Gasteiger partial charge in [0.15, 0.2) is 15.6 Å². The molecule has 0 atom stereocenters. The second-order valence-electron chi connectivity index (χ2n) is 5.31. The molecule has 3 heterocycles. The number of aromatic nitrogens is 5. The Bertz CT molecular complexity index is 1060. The molecule has 1 aromatic carbocycles. The third kappa shape index (κ3) is 3.55. The van der Waals surface area contributed by atoms with Crippen LogP contribution < -0.4 is 0 Å². The van der Waals surface area contributed by atoms with Crippen LogP contribution in [0.2, 0.25) is 5.02 Å². The summed E-state index contributed by atoms with van der Waals surface area (Å²) >= 11 is 10.9. The fraction of sp³-hybridized carbons (Fsp3) is 0.125. The van der Waals surface area contributed by atoms with Crippen molar-refractivity contribution in [2.75, 3.05) is 0 Å². The molecule has 10 heteroatoms. The lowest BCUT2D eigenvalue weighted by atomic mass is 10.2. The van der Waals surface area contributed by atoms with Crippen LogP contribution in [0.5, 0.6) is 0 Å². The molecule has 0 saturated heterocycles. The maximum absolute atomic E-state index is 6.21. The van der Waals surface area contributed by atoms with E-state index in [9.17, 15) is 0 Å². The Balaban J connectivity index is 1.50. The molecule has 0 unspecified atom stereocenters. The fourth-order valence-electron chi connectivity index (χ4n) is 2.20. The molecule has 26 heavy (non-hydrogen) atoms. The van der Waals surface area contributed by atoms with Crippen molar-refractivity contribution >= 4 is 39.3 Å². The normalized spacial score (nSPS) is 11.2. The summed E-state index contributed by atoms with van der Waals surface area (Å²) in [5.41, 5.74) is 1.90. The fourth-order valence-corrected chi connectivity index (χ4v) is 3.45. The number of furan rings is 1. The van der Waals surface area contributed by atoms with Crippen molar-refractivity contribution in [3.8, 4) is 17.3 Å².